The summed E-state index contributed by atoms with van der Waals surface area (Å²) in [6.07, 6.45) is 0. The molecule has 140 valence electrons. The summed E-state index contributed by atoms with van der Waals surface area (Å²) in [6.45, 7) is 3.29. The largest absolute Gasteiger partial charge is 0.374 e. The van der Waals surface area contributed by atoms with E-state index in [0.29, 0.717) is 16.9 Å². The van der Waals surface area contributed by atoms with Crippen LogP contribution in [0.3, 0.4) is 0 Å². The molecule has 0 bridgehead atoms. The number of halogens is 1. The van der Waals surface area contributed by atoms with Crippen molar-refractivity contribution in [3.63, 3.8) is 0 Å². The second kappa shape index (κ2) is 7.84. The Kier molecular flexibility index (Phi) is 5.99. The quantitative estimate of drug-likeness (QED) is 0.809. The molecule has 6 nitrogen and oxygen atoms in total. The number of aryl methyl sites for hydroxylation is 1. The molecule has 1 amide bonds. The maximum absolute atomic E-state index is 13.6. The van der Waals surface area contributed by atoms with Crippen LogP contribution >= 0.6 is 0 Å². The molecule has 0 radical (unpaired) electrons. The lowest BCUT2D eigenvalue weighted by molar-refractivity contribution is -0.116. The first-order valence-electron chi connectivity index (χ1n) is 7.97. The zero-order valence-electron chi connectivity index (χ0n) is 15.1. The maximum Gasteiger partial charge on any atom is 0.246 e. The first-order chi connectivity index (χ1) is 12.1. The van der Waals surface area contributed by atoms with Crippen molar-refractivity contribution in [3.8, 4) is 0 Å². The molecule has 26 heavy (non-hydrogen) atoms. The van der Waals surface area contributed by atoms with E-state index in [2.05, 4.69) is 10.6 Å². The van der Waals surface area contributed by atoms with Gasteiger partial charge in [-0.3, -0.25) is 4.79 Å². The highest BCUT2D eigenvalue weighted by molar-refractivity contribution is 7.89. The van der Waals surface area contributed by atoms with Gasteiger partial charge in [0.05, 0.1) is 4.90 Å². The summed E-state index contributed by atoms with van der Waals surface area (Å²) in [5.41, 5.74) is 1.37. The maximum atomic E-state index is 13.6. The predicted octanol–water partition coefficient (Wildman–Crippen LogP) is 2.82. The molecular formula is C18H22FN3O3S. The average Bonchev–Trinajstić information content (AvgIpc) is 2.58. The van der Waals surface area contributed by atoms with Crippen LogP contribution in [0.4, 0.5) is 15.8 Å². The van der Waals surface area contributed by atoms with Gasteiger partial charge in [-0.25, -0.2) is 17.1 Å². The van der Waals surface area contributed by atoms with Crippen molar-refractivity contribution in [1.82, 2.24) is 4.31 Å². The van der Waals surface area contributed by atoms with Crippen LogP contribution in [0.5, 0.6) is 0 Å². The van der Waals surface area contributed by atoms with E-state index < -0.39 is 16.1 Å². The molecular weight excluding hydrogens is 357 g/mol. The summed E-state index contributed by atoms with van der Waals surface area (Å²) in [4.78, 5) is 12.4. The van der Waals surface area contributed by atoms with Gasteiger partial charge in [0.2, 0.25) is 15.9 Å². The second-order valence-corrected chi connectivity index (χ2v) is 8.29. The normalized spacial score (nSPS) is 12.7. The Hall–Kier alpha value is -2.45. The molecule has 0 aliphatic heterocycles. The molecule has 0 aliphatic carbocycles. The number of hydrogen-bond acceptors (Lipinski definition) is 4. The number of rotatable bonds is 6. The minimum Gasteiger partial charge on any atom is -0.374 e. The van der Waals surface area contributed by atoms with E-state index >= 15 is 0 Å². The lowest BCUT2D eigenvalue weighted by Crippen LogP contribution is -2.32. The van der Waals surface area contributed by atoms with Crippen molar-refractivity contribution >= 4 is 27.3 Å². The molecule has 2 rings (SSSR count). The van der Waals surface area contributed by atoms with E-state index in [9.17, 15) is 17.6 Å². The van der Waals surface area contributed by atoms with Gasteiger partial charge in [0.25, 0.3) is 0 Å². The van der Waals surface area contributed by atoms with Gasteiger partial charge in [0.15, 0.2) is 0 Å². The highest BCUT2D eigenvalue weighted by Gasteiger charge is 2.19. The number of anilines is 2. The highest BCUT2D eigenvalue weighted by Crippen LogP contribution is 2.19. The number of nitrogens with one attached hydrogen (secondary N) is 2. The van der Waals surface area contributed by atoms with E-state index in [4.69, 9.17) is 0 Å². The van der Waals surface area contributed by atoms with Crippen LogP contribution in [-0.2, 0) is 14.8 Å². The minimum atomic E-state index is -3.59. The fourth-order valence-electron chi connectivity index (χ4n) is 2.19. The van der Waals surface area contributed by atoms with Crippen LogP contribution in [0.1, 0.15) is 12.5 Å². The third-order valence-corrected chi connectivity index (χ3v) is 5.64. The predicted molar refractivity (Wildman–Crippen MR) is 100 cm³/mol. The van der Waals surface area contributed by atoms with Crippen LogP contribution in [0, 0.1) is 12.7 Å². The Bertz CT molecular complexity index is 914. The lowest BCUT2D eigenvalue weighted by Gasteiger charge is -2.17. The van der Waals surface area contributed by atoms with Gasteiger partial charge in [-0.2, -0.15) is 0 Å². The van der Waals surface area contributed by atoms with Crippen LogP contribution in [0.25, 0.3) is 0 Å². The molecule has 8 heteroatoms. The summed E-state index contributed by atoms with van der Waals surface area (Å²) >= 11 is 0. The first-order valence-corrected chi connectivity index (χ1v) is 9.41. The number of sulfonamides is 1. The van der Waals surface area contributed by atoms with Gasteiger partial charge in [-0.15, -0.1) is 0 Å². The van der Waals surface area contributed by atoms with Crippen molar-refractivity contribution in [2.75, 3.05) is 24.7 Å². The summed E-state index contributed by atoms with van der Waals surface area (Å²) in [7, 11) is -0.713. The molecule has 0 heterocycles. The SMILES string of the molecule is Cc1ccc(N[C@H](C)C(=O)Nc2cccc(S(=O)(=O)N(C)C)c2)cc1F. The number of carbonyl (C=O) groups is 1. The van der Waals surface area contributed by atoms with Gasteiger partial charge in [-0.1, -0.05) is 12.1 Å². The molecule has 0 saturated carbocycles. The van der Waals surface area contributed by atoms with Crippen LogP contribution in [0.2, 0.25) is 0 Å². The summed E-state index contributed by atoms with van der Waals surface area (Å²) < 4.78 is 39.0. The molecule has 0 unspecified atom stereocenters. The van der Waals surface area contributed by atoms with E-state index in [1.54, 1.807) is 38.1 Å². The summed E-state index contributed by atoms with van der Waals surface area (Å²) in [5, 5.41) is 5.58. The van der Waals surface area contributed by atoms with Gasteiger partial charge < -0.3 is 10.6 Å². The van der Waals surface area contributed by atoms with Gasteiger partial charge >= 0.3 is 0 Å². The van der Waals surface area contributed by atoms with Crippen molar-refractivity contribution in [2.24, 2.45) is 0 Å². The highest BCUT2D eigenvalue weighted by atomic mass is 32.2. The van der Waals surface area contributed by atoms with Crippen molar-refractivity contribution < 1.29 is 17.6 Å². The van der Waals surface area contributed by atoms with Crippen LogP contribution < -0.4 is 10.6 Å². The Labute approximate surface area is 153 Å². The van der Waals surface area contributed by atoms with Gasteiger partial charge in [0.1, 0.15) is 11.9 Å². The van der Waals surface area contributed by atoms with Gasteiger partial charge in [0, 0.05) is 25.5 Å². The molecule has 0 spiro atoms. The second-order valence-electron chi connectivity index (χ2n) is 6.13. The van der Waals surface area contributed by atoms with Gasteiger partial charge in [-0.05, 0) is 49.7 Å². The lowest BCUT2D eigenvalue weighted by atomic mass is 10.2. The molecule has 1 atom stereocenters. The Morgan fingerprint density at radius 1 is 1.12 bits per heavy atom. The third-order valence-electron chi connectivity index (χ3n) is 3.83. The molecule has 2 aromatic carbocycles. The zero-order valence-corrected chi connectivity index (χ0v) is 15.9. The molecule has 0 aliphatic rings. The summed E-state index contributed by atoms with van der Waals surface area (Å²) in [6, 6.07) is 10.00. The molecule has 2 N–H and O–H groups in total. The fourth-order valence-corrected chi connectivity index (χ4v) is 3.14. The molecule has 0 aromatic heterocycles. The van der Waals surface area contributed by atoms with E-state index in [1.807, 2.05) is 0 Å². The van der Waals surface area contributed by atoms with Crippen molar-refractivity contribution in [2.45, 2.75) is 24.8 Å². The van der Waals surface area contributed by atoms with Crippen molar-refractivity contribution in [3.05, 3.63) is 53.8 Å². The topological polar surface area (TPSA) is 78.5 Å². The van der Waals surface area contributed by atoms with E-state index in [0.717, 1.165) is 4.31 Å². The number of hydrogen-bond donors (Lipinski definition) is 2. The van der Waals surface area contributed by atoms with E-state index in [1.165, 1.54) is 32.3 Å². The monoisotopic (exact) mass is 379 g/mol. The summed E-state index contributed by atoms with van der Waals surface area (Å²) in [5.74, 6) is -0.727. The molecule has 2 aromatic rings. The Morgan fingerprint density at radius 2 is 1.81 bits per heavy atom. The van der Waals surface area contributed by atoms with Crippen LogP contribution in [0.15, 0.2) is 47.4 Å². The number of benzene rings is 2. The number of nitrogens with zero attached hydrogens (tertiary/aromatic N) is 1. The third kappa shape index (κ3) is 4.59. The van der Waals surface area contributed by atoms with Crippen molar-refractivity contribution in [1.29, 1.82) is 0 Å². The van der Waals surface area contributed by atoms with E-state index in [-0.39, 0.29) is 16.6 Å². The average molecular weight is 379 g/mol. The minimum absolute atomic E-state index is 0.0847. The first kappa shape index (κ1) is 19.9. The fraction of sp³-hybridized carbons (Fsp3) is 0.278. The number of amides is 1. The molecule has 0 saturated heterocycles. The Morgan fingerprint density at radius 3 is 2.42 bits per heavy atom. The number of carbonyl (C=O) groups excluding carboxylic acids is 1. The smallest absolute Gasteiger partial charge is 0.246 e. The van der Waals surface area contributed by atoms with Crippen LogP contribution in [-0.4, -0.2) is 38.8 Å². The zero-order chi connectivity index (χ0) is 19.5. The molecule has 0 fully saturated rings. The Balaban J connectivity index is 2.10. The standard InChI is InChI=1S/C18H22FN3O3S/c1-12-8-9-15(11-17(12)19)20-13(2)18(23)21-14-6-5-7-16(10-14)26(24,25)22(3)4/h5-11,13,20H,1-4H3,(H,21,23)/t13-/m1/s1.